The average Bonchev–Trinajstić information content (AvgIpc) is 2.98. The number of nitrogens with one attached hydrogen (secondary N) is 1. The Morgan fingerprint density at radius 1 is 0.568 bits per heavy atom. The summed E-state index contributed by atoms with van der Waals surface area (Å²) in [6.45, 7) is 0. The number of amidine groups is 2. The fraction of sp³-hybridized carbons (Fsp3) is 0.0312. The lowest BCUT2D eigenvalue weighted by atomic mass is 10.0. The van der Waals surface area contributed by atoms with Crippen LogP contribution in [0.1, 0.15) is 22.9 Å². The summed E-state index contributed by atoms with van der Waals surface area (Å²) in [5.41, 5.74) is 6.97. The zero-order valence-corrected chi connectivity index (χ0v) is 20.7. The molecule has 2 heterocycles. The van der Waals surface area contributed by atoms with E-state index in [1.807, 2.05) is 91.0 Å². The second kappa shape index (κ2) is 10.2. The predicted octanol–water partition coefficient (Wildman–Crippen LogP) is 7.56. The summed E-state index contributed by atoms with van der Waals surface area (Å²) >= 11 is 6.82. The Labute approximate surface area is 221 Å². The number of rotatable bonds is 5. The second-order valence-corrected chi connectivity index (χ2v) is 9.12. The molecule has 0 saturated heterocycles. The molecular formula is C32H23ClN4. The summed E-state index contributed by atoms with van der Waals surface area (Å²) in [4.78, 5) is 14.3. The molecule has 5 aromatic rings. The van der Waals surface area contributed by atoms with Crippen molar-refractivity contribution in [3.63, 3.8) is 0 Å². The van der Waals surface area contributed by atoms with Crippen molar-refractivity contribution >= 4 is 23.3 Å². The first-order valence-corrected chi connectivity index (χ1v) is 12.5. The van der Waals surface area contributed by atoms with Crippen LogP contribution in [0.5, 0.6) is 0 Å². The van der Waals surface area contributed by atoms with Crippen molar-refractivity contribution in [2.75, 3.05) is 0 Å². The molecule has 1 aliphatic heterocycles. The van der Waals surface area contributed by atoms with Gasteiger partial charge in [-0.3, -0.25) is 4.98 Å². The third kappa shape index (κ3) is 4.92. The van der Waals surface area contributed by atoms with E-state index >= 15 is 0 Å². The topological polar surface area (TPSA) is 49.6 Å². The lowest BCUT2D eigenvalue weighted by molar-refractivity contribution is 0.756. The Balaban J connectivity index is 1.34. The minimum absolute atomic E-state index is 0.412. The van der Waals surface area contributed by atoms with Gasteiger partial charge in [0.2, 0.25) is 0 Å². The smallest absolute Gasteiger partial charge is 0.169 e. The quantitative estimate of drug-likeness (QED) is 0.272. The monoisotopic (exact) mass is 498 g/mol. The molecule has 4 nitrogen and oxygen atoms in total. The van der Waals surface area contributed by atoms with Crippen LogP contribution >= 0.6 is 11.6 Å². The van der Waals surface area contributed by atoms with Gasteiger partial charge in [0, 0.05) is 33.5 Å². The van der Waals surface area contributed by atoms with E-state index in [-0.39, 0.29) is 0 Å². The molecule has 37 heavy (non-hydrogen) atoms. The van der Waals surface area contributed by atoms with E-state index in [9.17, 15) is 0 Å². The molecule has 0 saturated carbocycles. The zero-order valence-electron chi connectivity index (χ0n) is 19.9. The first-order chi connectivity index (χ1) is 18.2. The molecular weight excluding hydrogens is 476 g/mol. The third-order valence-electron chi connectivity index (χ3n) is 6.28. The molecule has 0 aliphatic carbocycles. The van der Waals surface area contributed by atoms with E-state index in [0.29, 0.717) is 5.02 Å². The van der Waals surface area contributed by atoms with E-state index in [1.54, 1.807) is 6.20 Å². The number of hydrogen-bond acceptors (Lipinski definition) is 4. The van der Waals surface area contributed by atoms with Crippen molar-refractivity contribution in [3.8, 4) is 22.4 Å². The highest BCUT2D eigenvalue weighted by Gasteiger charge is 2.21. The van der Waals surface area contributed by atoms with Crippen LogP contribution in [0.3, 0.4) is 0 Å². The summed E-state index contributed by atoms with van der Waals surface area (Å²) in [6.07, 6.45) is 1.39. The Morgan fingerprint density at radius 3 is 1.73 bits per heavy atom. The maximum atomic E-state index is 6.82. The fourth-order valence-corrected chi connectivity index (χ4v) is 4.66. The Morgan fingerprint density at radius 2 is 1.16 bits per heavy atom. The van der Waals surface area contributed by atoms with Crippen molar-refractivity contribution in [2.24, 2.45) is 9.98 Å². The van der Waals surface area contributed by atoms with Crippen LogP contribution in [0, 0.1) is 0 Å². The number of benzene rings is 4. The van der Waals surface area contributed by atoms with Gasteiger partial charge in [0.15, 0.2) is 6.17 Å². The van der Waals surface area contributed by atoms with Crippen molar-refractivity contribution in [2.45, 2.75) is 6.17 Å². The van der Waals surface area contributed by atoms with Gasteiger partial charge in [-0.25, -0.2) is 9.98 Å². The zero-order chi connectivity index (χ0) is 25.0. The number of hydrogen-bond donors (Lipinski definition) is 1. The summed E-state index contributed by atoms with van der Waals surface area (Å²) in [6, 6.07) is 40.5. The molecule has 1 aliphatic rings. The van der Waals surface area contributed by atoms with Gasteiger partial charge in [-0.05, 0) is 29.3 Å². The highest BCUT2D eigenvalue weighted by molar-refractivity contribution is 6.33. The van der Waals surface area contributed by atoms with Crippen LogP contribution in [0.15, 0.2) is 138 Å². The van der Waals surface area contributed by atoms with Gasteiger partial charge in [0.1, 0.15) is 11.7 Å². The predicted molar refractivity (Wildman–Crippen MR) is 152 cm³/mol. The highest BCUT2D eigenvalue weighted by atomic mass is 35.5. The molecule has 4 aromatic carbocycles. The summed E-state index contributed by atoms with van der Waals surface area (Å²) < 4.78 is 0. The number of nitrogens with zero attached hydrogens (tertiary/aromatic N) is 3. The molecule has 0 radical (unpaired) electrons. The third-order valence-corrected chi connectivity index (χ3v) is 6.59. The molecule has 6 rings (SSSR count). The SMILES string of the molecule is Clc1cc(C2N=C(c3ccccc3)NC(c3ccccc3)=N2)ccc1-c1ccc(-c2ccccn2)cc1. The Hall–Kier alpha value is -4.54. The van der Waals surface area contributed by atoms with Crippen molar-refractivity contribution in [3.05, 3.63) is 149 Å². The molecule has 5 heteroatoms. The minimum atomic E-state index is -0.412. The van der Waals surface area contributed by atoms with Crippen LogP contribution in [-0.4, -0.2) is 16.7 Å². The van der Waals surface area contributed by atoms with Crippen LogP contribution in [-0.2, 0) is 0 Å². The van der Waals surface area contributed by atoms with Crippen LogP contribution in [0.2, 0.25) is 5.02 Å². The van der Waals surface area contributed by atoms with Crippen molar-refractivity contribution in [1.82, 2.24) is 10.3 Å². The lowest BCUT2D eigenvalue weighted by Gasteiger charge is -2.22. The number of aromatic nitrogens is 1. The first-order valence-electron chi connectivity index (χ1n) is 12.1. The Kier molecular flexibility index (Phi) is 6.32. The standard InChI is InChI=1S/C32H23ClN4/c33-28-21-26(18-19-27(28)22-14-16-23(17-15-22)29-13-7-8-20-34-29)32-36-30(24-9-3-1-4-10-24)35-31(37-32)25-11-5-2-6-12-25/h1-21,32H,(H,35,36,37). The number of pyridine rings is 1. The molecule has 0 unspecified atom stereocenters. The van der Waals surface area contributed by atoms with Crippen molar-refractivity contribution < 1.29 is 0 Å². The van der Waals surface area contributed by atoms with Crippen LogP contribution in [0.4, 0.5) is 0 Å². The van der Waals surface area contributed by atoms with Gasteiger partial charge in [0.05, 0.1) is 5.69 Å². The highest BCUT2D eigenvalue weighted by Crippen LogP contribution is 2.34. The van der Waals surface area contributed by atoms with Gasteiger partial charge in [-0.2, -0.15) is 0 Å². The molecule has 1 N–H and O–H groups in total. The van der Waals surface area contributed by atoms with E-state index < -0.39 is 6.17 Å². The molecule has 0 amide bonds. The summed E-state index contributed by atoms with van der Waals surface area (Å²) in [7, 11) is 0. The molecule has 0 atom stereocenters. The normalized spacial score (nSPS) is 13.4. The molecule has 0 bridgehead atoms. The van der Waals surface area contributed by atoms with Crippen molar-refractivity contribution in [1.29, 1.82) is 0 Å². The average molecular weight is 499 g/mol. The van der Waals surface area contributed by atoms with Gasteiger partial charge >= 0.3 is 0 Å². The molecule has 0 spiro atoms. The summed E-state index contributed by atoms with van der Waals surface area (Å²) in [5.74, 6) is 1.56. The minimum Gasteiger partial charge on any atom is -0.324 e. The van der Waals surface area contributed by atoms with E-state index in [1.165, 1.54) is 0 Å². The lowest BCUT2D eigenvalue weighted by Crippen LogP contribution is -2.35. The van der Waals surface area contributed by atoms with Gasteiger partial charge in [0.25, 0.3) is 0 Å². The van der Waals surface area contributed by atoms with Gasteiger partial charge in [-0.1, -0.05) is 115 Å². The second-order valence-electron chi connectivity index (χ2n) is 8.72. The van der Waals surface area contributed by atoms with E-state index in [4.69, 9.17) is 21.6 Å². The van der Waals surface area contributed by atoms with Gasteiger partial charge < -0.3 is 5.32 Å². The fourth-order valence-electron chi connectivity index (χ4n) is 4.36. The number of aliphatic imine (C=N–C) groups is 2. The summed E-state index contributed by atoms with van der Waals surface area (Å²) in [5, 5.41) is 4.08. The van der Waals surface area contributed by atoms with Crippen LogP contribution < -0.4 is 5.32 Å². The maximum absolute atomic E-state index is 6.82. The molecule has 1 aromatic heterocycles. The van der Waals surface area contributed by atoms with Crippen LogP contribution in [0.25, 0.3) is 22.4 Å². The Bertz CT molecular complexity index is 1520. The maximum Gasteiger partial charge on any atom is 0.169 e. The first kappa shape index (κ1) is 22.9. The molecule has 0 fully saturated rings. The van der Waals surface area contributed by atoms with E-state index in [0.717, 1.165) is 50.7 Å². The van der Waals surface area contributed by atoms with Gasteiger partial charge in [-0.15, -0.1) is 0 Å². The number of halogens is 1. The molecule has 178 valence electrons. The largest absolute Gasteiger partial charge is 0.324 e. The van der Waals surface area contributed by atoms with E-state index in [2.05, 4.69) is 40.6 Å².